The van der Waals surface area contributed by atoms with E-state index in [1.54, 1.807) is 22.8 Å². The molecule has 2 heterocycles. The topological polar surface area (TPSA) is 69.9 Å². The highest BCUT2D eigenvalue weighted by atomic mass is 35.5. The lowest BCUT2D eigenvalue weighted by Crippen LogP contribution is -2.40. The van der Waals surface area contributed by atoms with Gasteiger partial charge in [-0.2, -0.15) is 0 Å². The second-order valence-corrected chi connectivity index (χ2v) is 9.68. The van der Waals surface area contributed by atoms with Gasteiger partial charge in [-0.15, -0.1) is 0 Å². The highest BCUT2D eigenvalue weighted by Gasteiger charge is 2.33. The van der Waals surface area contributed by atoms with Gasteiger partial charge in [-0.3, -0.25) is 9.36 Å². The average Bonchev–Trinajstić information content (AvgIpc) is 3.16. The van der Waals surface area contributed by atoms with E-state index in [1.165, 1.54) is 18.4 Å². The van der Waals surface area contributed by atoms with Crippen LogP contribution in [0.4, 0.5) is 0 Å². The van der Waals surface area contributed by atoms with Crippen LogP contribution in [0.1, 0.15) is 43.9 Å². The highest BCUT2D eigenvalue weighted by Crippen LogP contribution is 2.35. The molecule has 182 valence electrons. The Kier molecular flexibility index (Phi) is 7.79. The Morgan fingerprint density at radius 3 is 2.46 bits per heavy atom. The highest BCUT2D eigenvalue weighted by molar-refractivity contribution is 7.07. The molecule has 0 aliphatic carbocycles. The zero-order valence-corrected chi connectivity index (χ0v) is 21.8. The van der Waals surface area contributed by atoms with Crippen molar-refractivity contribution in [3.8, 4) is 5.75 Å². The van der Waals surface area contributed by atoms with Crippen molar-refractivity contribution < 1.29 is 14.3 Å². The number of aromatic nitrogens is 1. The van der Waals surface area contributed by atoms with Crippen molar-refractivity contribution >= 4 is 46.6 Å². The minimum absolute atomic E-state index is 0.266. The van der Waals surface area contributed by atoms with Crippen molar-refractivity contribution in [2.24, 2.45) is 4.99 Å². The van der Waals surface area contributed by atoms with Crippen molar-refractivity contribution in [2.45, 2.75) is 32.7 Å². The summed E-state index contributed by atoms with van der Waals surface area (Å²) in [5.74, 6) is -0.0804. The summed E-state index contributed by atoms with van der Waals surface area (Å²) in [5.41, 5.74) is 2.15. The van der Waals surface area contributed by atoms with E-state index in [4.69, 9.17) is 32.7 Å². The van der Waals surface area contributed by atoms with Gasteiger partial charge < -0.3 is 9.47 Å². The van der Waals surface area contributed by atoms with Gasteiger partial charge in [-0.25, -0.2) is 9.79 Å². The molecule has 1 aliphatic heterocycles. The predicted octanol–water partition coefficient (Wildman–Crippen LogP) is 4.89. The molecule has 0 spiro atoms. The Balaban J connectivity index is 1.91. The molecule has 0 amide bonds. The number of nitrogens with zero attached hydrogens (tertiary/aromatic N) is 2. The molecular weight excluding hydrogens is 507 g/mol. The molecule has 0 N–H and O–H groups in total. The molecule has 1 atom stereocenters. The first-order valence-corrected chi connectivity index (χ1v) is 12.8. The van der Waals surface area contributed by atoms with Crippen molar-refractivity contribution in [2.75, 3.05) is 13.7 Å². The number of halogens is 2. The largest absolute Gasteiger partial charge is 0.490 e. The van der Waals surface area contributed by atoms with Gasteiger partial charge in [0.15, 0.2) is 10.6 Å². The van der Waals surface area contributed by atoms with Crippen LogP contribution in [0.2, 0.25) is 10.0 Å². The van der Waals surface area contributed by atoms with Crippen LogP contribution >= 0.6 is 34.5 Å². The molecular formula is C26H24Cl2N2O4S. The summed E-state index contributed by atoms with van der Waals surface area (Å²) in [6, 6.07) is 12.2. The first kappa shape index (κ1) is 25.2. The molecule has 0 radical (unpaired) electrons. The van der Waals surface area contributed by atoms with E-state index >= 15 is 0 Å². The van der Waals surface area contributed by atoms with Gasteiger partial charge in [0.05, 0.1) is 45.6 Å². The number of thiazole rings is 1. The number of carbonyl (C=O) groups is 1. The molecule has 1 aromatic heterocycles. The zero-order chi connectivity index (χ0) is 25.1. The molecule has 4 rings (SSSR count). The lowest BCUT2D eigenvalue weighted by Gasteiger charge is -2.25. The minimum Gasteiger partial charge on any atom is -0.490 e. The second-order valence-electron chi connectivity index (χ2n) is 7.86. The van der Waals surface area contributed by atoms with Gasteiger partial charge in [-0.05, 0) is 42.2 Å². The number of benzene rings is 2. The van der Waals surface area contributed by atoms with E-state index in [-0.39, 0.29) is 5.56 Å². The standard InChI is InChI=1S/C26H24Cl2N2O4S/c1-4-11-34-23-17(27)12-15(13-18(23)28)14-20-24(31)30-22(16-9-7-6-8-10-16)21(25(32)33-3)19(5-2)29-26(30)35-20/h6-10,12-14,22H,4-5,11H2,1-3H3/b20-14-/t22-/m0/s1. The summed E-state index contributed by atoms with van der Waals surface area (Å²) in [7, 11) is 1.33. The number of hydrogen-bond acceptors (Lipinski definition) is 6. The van der Waals surface area contributed by atoms with Gasteiger partial charge in [-0.1, -0.05) is 78.7 Å². The normalized spacial score (nSPS) is 15.6. The summed E-state index contributed by atoms with van der Waals surface area (Å²) in [6.45, 7) is 4.41. The van der Waals surface area contributed by atoms with E-state index in [0.717, 1.165) is 12.0 Å². The third-order valence-electron chi connectivity index (χ3n) is 5.53. The van der Waals surface area contributed by atoms with Crippen LogP contribution in [0.3, 0.4) is 0 Å². The minimum atomic E-state index is -0.644. The number of methoxy groups -OCH3 is 1. The average molecular weight is 531 g/mol. The number of hydrogen-bond donors (Lipinski definition) is 0. The number of allylic oxidation sites excluding steroid dienone is 1. The number of carbonyl (C=O) groups excluding carboxylic acids is 1. The van der Waals surface area contributed by atoms with Crippen LogP contribution in [-0.4, -0.2) is 24.3 Å². The molecule has 0 fully saturated rings. The van der Waals surface area contributed by atoms with Gasteiger partial charge in [0.25, 0.3) is 5.56 Å². The molecule has 0 saturated heterocycles. The number of esters is 1. The third kappa shape index (κ3) is 4.94. The van der Waals surface area contributed by atoms with E-state index < -0.39 is 12.0 Å². The van der Waals surface area contributed by atoms with Crippen molar-refractivity contribution in [3.05, 3.63) is 94.6 Å². The first-order valence-electron chi connectivity index (χ1n) is 11.2. The molecule has 2 aromatic carbocycles. The maximum atomic E-state index is 13.6. The zero-order valence-electron chi connectivity index (χ0n) is 19.5. The number of ether oxygens (including phenoxy) is 2. The lowest BCUT2D eigenvalue weighted by molar-refractivity contribution is -0.136. The van der Waals surface area contributed by atoms with Crippen LogP contribution < -0.4 is 19.6 Å². The van der Waals surface area contributed by atoms with Crippen LogP contribution in [0.15, 0.2) is 63.5 Å². The quantitative estimate of drug-likeness (QED) is 0.407. The maximum Gasteiger partial charge on any atom is 0.338 e. The van der Waals surface area contributed by atoms with Crippen LogP contribution in [0.25, 0.3) is 6.08 Å². The maximum absolute atomic E-state index is 13.6. The summed E-state index contributed by atoms with van der Waals surface area (Å²) in [5, 5.41) is 0.738. The summed E-state index contributed by atoms with van der Waals surface area (Å²) in [6.07, 6.45) is 3.06. The Morgan fingerprint density at radius 1 is 1.17 bits per heavy atom. The molecule has 0 saturated carbocycles. The number of fused-ring (bicyclic) bond motifs is 1. The monoisotopic (exact) mass is 530 g/mol. The van der Waals surface area contributed by atoms with Crippen molar-refractivity contribution in [3.63, 3.8) is 0 Å². The van der Waals surface area contributed by atoms with E-state index in [0.29, 0.717) is 55.0 Å². The Morgan fingerprint density at radius 2 is 1.86 bits per heavy atom. The molecule has 0 bridgehead atoms. The van der Waals surface area contributed by atoms with Gasteiger partial charge in [0.1, 0.15) is 0 Å². The van der Waals surface area contributed by atoms with Gasteiger partial charge in [0.2, 0.25) is 0 Å². The molecule has 1 aliphatic rings. The molecule has 3 aromatic rings. The summed E-state index contributed by atoms with van der Waals surface area (Å²) in [4.78, 5) is 31.6. The first-order chi connectivity index (χ1) is 16.9. The van der Waals surface area contributed by atoms with Gasteiger partial charge >= 0.3 is 5.97 Å². The fourth-order valence-electron chi connectivity index (χ4n) is 3.97. The predicted molar refractivity (Wildman–Crippen MR) is 139 cm³/mol. The smallest absolute Gasteiger partial charge is 0.338 e. The SMILES string of the molecule is CCCOc1c(Cl)cc(/C=c2\sc3n(c2=O)[C@@H](c2ccccc2)C(C(=O)OC)=C(CC)N=3)cc1Cl. The van der Waals surface area contributed by atoms with E-state index in [2.05, 4.69) is 4.99 Å². The third-order valence-corrected chi connectivity index (χ3v) is 7.08. The van der Waals surface area contributed by atoms with Gasteiger partial charge in [0, 0.05) is 0 Å². The van der Waals surface area contributed by atoms with E-state index in [9.17, 15) is 9.59 Å². The summed E-state index contributed by atoms with van der Waals surface area (Å²) < 4.78 is 12.7. The van der Waals surface area contributed by atoms with Crippen LogP contribution in [-0.2, 0) is 9.53 Å². The Bertz CT molecular complexity index is 1450. The summed E-state index contributed by atoms with van der Waals surface area (Å²) >= 11 is 14.1. The fraction of sp³-hybridized carbons (Fsp3) is 0.269. The van der Waals surface area contributed by atoms with Crippen LogP contribution in [0, 0.1) is 0 Å². The molecule has 6 nitrogen and oxygen atoms in total. The number of rotatable bonds is 7. The molecule has 35 heavy (non-hydrogen) atoms. The molecule has 9 heteroatoms. The van der Waals surface area contributed by atoms with Crippen LogP contribution in [0.5, 0.6) is 5.75 Å². The Labute approximate surface area is 216 Å². The van der Waals surface area contributed by atoms with Crippen molar-refractivity contribution in [1.82, 2.24) is 4.57 Å². The molecule has 0 unspecified atom stereocenters. The Hall–Kier alpha value is -2.87. The second kappa shape index (κ2) is 10.8. The van der Waals surface area contributed by atoms with E-state index in [1.807, 2.05) is 44.2 Å². The van der Waals surface area contributed by atoms with Crippen molar-refractivity contribution in [1.29, 1.82) is 0 Å². The fourth-order valence-corrected chi connectivity index (χ4v) is 5.60. The lowest BCUT2D eigenvalue weighted by atomic mass is 9.95.